The van der Waals surface area contributed by atoms with Crippen molar-refractivity contribution < 1.29 is 9.72 Å². The van der Waals surface area contributed by atoms with Crippen molar-refractivity contribution in [1.82, 2.24) is 4.98 Å². The van der Waals surface area contributed by atoms with E-state index < -0.39 is 4.92 Å². The fraction of sp³-hybridized carbons (Fsp3) is 0.333. The zero-order valence-electron chi connectivity index (χ0n) is 11.4. The Balaban J connectivity index is 2.09. The number of hydrogen-bond acceptors (Lipinski definition) is 5. The number of nitro benzene ring substituents is 1. The summed E-state index contributed by atoms with van der Waals surface area (Å²) < 4.78 is 0. The van der Waals surface area contributed by atoms with Crippen molar-refractivity contribution in [2.24, 2.45) is 5.92 Å². The van der Waals surface area contributed by atoms with Crippen LogP contribution in [0, 0.1) is 16.0 Å². The van der Waals surface area contributed by atoms with Crippen LogP contribution in [-0.2, 0) is 4.79 Å². The molecule has 1 aromatic carbocycles. The molecule has 1 aliphatic rings. The lowest BCUT2D eigenvalue weighted by atomic mass is 9.98. The van der Waals surface area contributed by atoms with Crippen LogP contribution in [0.1, 0.15) is 12.8 Å². The van der Waals surface area contributed by atoms with Crippen LogP contribution in [0.4, 0.5) is 11.4 Å². The summed E-state index contributed by atoms with van der Waals surface area (Å²) in [5.74, 6) is 0.0332. The largest absolute Gasteiger partial charge is 0.370 e. The van der Waals surface area contributed by atoms with E-state index >= 15 is 0 Å². The maximum absolute atomic E-state index is 11.1. The molecule has 3 rings (SSSR count). The fourth-order valence-electron chi connectivity index (χ4n) is 2.93. The third kappa shape index (κ3) is 2.44. The van der Waals surface area contributed by atoms with Gasteiger partial charge in [0.2, 0.25) is 0 Å². The van der Waals surface area contributed by atoms with Crippen molar-refractivity contribution in [3.8, 4) is 0 Å². The molecule has 2 heterocycles. The molecule has 2 aromatic rings. The first-order valence-corrected chi connectivity index (χ1v) is 6.92. The molecular weight excluding hydrogens is 270 g/mol. The number of nitro groups is 1. The summed E-state index contributed by atoms with van der Waals surface area (Å²) >= 11 is 0. The SMILES string of the molecule is O=CC1CCCN(c2ccc([N+](=O)[O-])c3cnccc23)C1. The van der Waals surface area contributed by atoms with Gasteiger partial charge in [-0.2, -0.15) is 0 Å². The van der Waals surface area contributed by atoms with E-state index in [0.717, 1.165) is 36.7 Å². The molecule has 0 bridgehead atoms. The van der Waals surface area contributed by atoms with E-state index in [0.29, 0.717) is 11.9 Å². The highest BCUT2D eigenvalue weighted by atomic mass is 16.6. The van der Waals surface area contributed by atoms with E-state index in [1.165, 1.54) is 12.3 Å². The Morgan fingerprint density at radius 3 is 2.95 bits per heavy atom. The number of piperidine rings is 1. The summed E-state index contributed by atoms with van der Waals surface area (Å²) in [7, 11) is 0. The number of rotatable bonds is 3. The number of benzene rings is 1. The van der Waals surface area contributed by atoms with E-state index in [4.69, 9.17) is 0 Å². The second-order valence-electron chi connectivity index (χ2n) is 5.27. The fourth-order valence-corrected chi connectivity index (χ4v) is 2.93. The van der Waals surface area contributed by atoms with Crippen LogP contribution >= 0.6 is 0 Å². The normalized spacial score (nSPS) is 18.7. The number of hydrogen-bond donors (Lipinski definition) is 0. The van der Waals surface area contributed by atoms with Gasteiger partial charge in [0.05, 0.1) is 10.3 Å². The Labute approximate surface area is 121 Å². The van der Waals surface area contributed by atoms with Gasteiger partial charge in [0.1, 0.15) is 6.29 Å². The Morgan fingerprint density at radius 1 is 1.33 bits per heavy atom. The minimum Gasteiger partial charge on any atom is -0.370 e. The monoisotopic (exact) mass is 285 g/mol. The summed E-state index contributed by atoms with van der Waals surface area (Å²) in [5.41, 5.74) is 0.996. The first-order valence-electron chi connectivity index (χ1n) is 6.92. The zero-order chi connectivity index (χ0) is 14.8. The van der Waals surface area contributed by atoms with Gasteiger partial charge in [-0.25, -0.2) is 0 Å². The number of fused-ring (bicyclic) bond motifs is 1. The van der Waals surface area contributed by atoms with Crippen molar-refractivity contribution in [2.45, 2.75) is 12.8 Å². The van der Waals surface area contributed by atoms with Gasteiger partial charge in [-0.15, -0.1) is 0 Å². The molecule has 6 nitrogen and oxygen atoms in total. The van der Waals surface area contributed by atoms with E-state index in [1.54, 1.807) is 18.3 Å². The maximum Gasteiger partial charge on any atom is 0.278 e. The second-order valence-corrected chi connectivity index (χ2v) is 5.27. The summed E-state index contributed by atoms with van der Waals surface area (Å²) in [6.07, 6.45) is 6.02. The highest BCUT2D eigenvalue weighted by molar-refractivity contribution is 5.99. The van der Waals surface area contributed by atoms with E-state index in [1.807, 2.05) is 0 Å². The lowest BCUT2D eigenvalue weighted by Crippen LogP contribution is -2.36. The van der Waals surface area contributed by atoms with Crippen molar-refractivity contribution in [3.05, 3.63) is 40.7 Å². The Hall–Kier alpha value is -2.50. The lowest BCUT2D eigenvalue weighted by molar-refractivity contribution is -0.383. The first-order chi connectivity index (χ1) is 10.2. The van der Waals surface area contributed by atoms with Gasteiger partial charge < -0.3 is 9.69 Å². The number of nitrogens with zero attached hydrogens (tertiary/aromatic N) is 3. The smallest absolute Gasteiger partial charge is 0.278 e. The number of non-ortho nitro benzene ring substituents is 1. The predicted molar refractivity (Wildman–Crippen MR) is 79.4 cm³/mol. The summed E-state index contributed by atoms with van der Waals surface area (Å²) in [5, 5.41) is 12.5. The van der Waals surface area contributed by atoms with Crippen LogP contribution in [0.15, 0.2) is 30.6 Å². The highest BCUT2D eigenvalue weighted by Gasteiger charge is 2.23. The summed E-state index contributed by atoms with van der Waals surface area (Å²) in [6.45, 7) is 1.53. The average molecular weight is 285 g/mol. The quantitative estimate of drug-likeness (QED) is 0.492. The molecule has 1 aliphatic heterocycles. The van der Waals surface area contributed by atoms with Crippen molar-refractivity contribution in [1.29, 1.82) is 0 Å². The molecule has 1 aromatic heterocycles. The van der Waals surface area contributed by atoms with Crippen LogP contribution < -0.4 is 4.90 Å². The van der Waals surface area contributed by atoms with Gasteiger partial charge in [0.15, 0.2) is 0 Å². The van der Waals surface area contributed by atoms with Gasteiger partial charge >= 0.3 is 0 Å². The van der Waals surface area contributed by atoms with Gasteiger partial charge in [-0.1, -0.05) is 0 Å². The molecule has 0 amide bonds. The number of carbonyl (C=O) groups excluding carboxylic acids is 1. The van der Waals surface area contributed by atoms with Gasteiger partial charge in [0, 0.05) is 48.5 Å². The molecule has 0 saturated carbocycles. The lowest BCUT2D eigenvalue weighted by Gasteiger charge is -2.32. The van der Waals surface area contributed by atoms with E-state index in [2.05, 4.69) is 9.88 Å². The molecule has 108 valence electrons. The summed E-state index contributed by atoms with van der Waals surface area (Å²) in [4.78, 5) is 27.9. The zero-order valence-corrected chi connectivity index (χ0v) is 11.4. The minimum atomic E-state index is -0.391. The molecule has 0 N–H and O–H groups in total. The van der Waals surface area contributed by atoms with E-state index in [9.17, 15) is 14.9 Å². The van der Waals surface area contributed by atoms with Gasteiger partial charge in [-0.3, -0.25) is 15.1 Å². The Bertz CT molecular complexity index is 702. The average Bonchev–Trinajstić information content (AvgIpc) is 2.53. The van der Waals surface area contributed by atoms with Gasteiger partial charge in [0.25, 0.3) is 5.69 Å². The van der Waals surface area contributed by atoms with E-state index in [-0.39, 0.29) is 11.6 Å². The number of aldehydes is 1. The van der Waals surface area contributed by atoms with Crippen LogP contribution in [0.25, 0.3) is 10.8 Å². The molecule has 0 radical (unpaired) electrons. The highest BCUT2D eigenvalue weighted by Crippen LogP contribution is 2.34. The third-order valence-electron chi connectivity index (χ3n) is 3.96. The predicted octanol–water partition coefficient (Wildman–Crippen LogP) is 2.56. The molecular formula is C15H15N3O3. The van der Waals surface area contributed by atoms with Crippen LogP contribution in [0.2, 0.25) is 0 Å². The molecule has 6 heteroatoms. The first kappa shape index (κ1) is 13.5. The van der Waals surface area contributed by atoms with Crippen LogP contribution in [0.3, 0.4) is 0 Å². The summed E-state index contributed by atoms with van der Waals surface area (Å²) in [6, 6.07) is 5.08. The third-order valence-corrected chi connectivity index (χ3v) is 3.96. The van der Waals surface area contributed by atoms with Gasteiger partial charge in [-0.05, 0) is 25.0 Å². The van der Waals surface area contributed by atoms with Crippen molar-refractivity contribution >= 4 is 28.4 Å². The standard InChI is InChI=1S/C15H15N3O3/c19-10-11-2-1-7-17(9-11)14-3-4-15(18(20)21)13-8-16-6-5-12(13)14/h3-6,8,10-11H,1-2,7,9H2. The molecule has 0 spiro atoms. The maximum atomic E-state index is 11.1. The van der Waals surface area contributed by atoms with Crippen LogP contribution in [-0.4, -0.2) is 29.3 Å². The molecule has 1 unspecified atom stereocenters. The second kappa shape index (κ2) is 5.47. The molecule has 0 aliphatic carbocycles. The number of pyridine rings is 1. The number of carbonyl (C=O) groups is 1. The van der Waals surface area contributed by atoms with Crippen molar-refractivity contribution in [2.75, 3.05) is 18.0 Å². The topological polar surface area (TPSA) is 76.3 Å². The number of aromatic nitrogens is 1. The number of anilines is 1. The molecule has 1 saturated heterocycles. The molecule has 1 fully saturated rings. The molecule has 21 heavy (non-hydrogen) atoms. The molecule has 1 atom stereocenters. The van der Waals surface area contributed by atoms with Crippen LogP contribution in [0.5, 0.6) is 0 Å². The minimum absolute atomic E-state index is 0.0332. The Kier molecular flexibility index (Phi) is 3.51. The Morgan fingerprint density at radius 2 is 2.19 bits per heavy atom. The van der Waals surface area contributed by atoms with Crippen molar-refractivity contribution in [3.63, 3.8) is 0 Å².